The number of nitrogens with zero attached hydrogens (tertiary/aromatic N) is 1. The van der Waals surface area contributed by atoms with Crippen LogP contribution in [0.3, 0.4) is 0 Å². The molecule has 1 amide bonds. The lowest BCUT2D eigenvalue weighted by atomic mass is 9.90. The lowest BCUT2D eigenvalue weighted by Crippen LogP contribution is -3.09. The van der Waals surface area contributed by atoms with Crippen LogP contribution in [0.25, 0.3) is 11.3 Å². The minimum absolute atomic E-state index is 0.0313. The Kier molecular flexibility index (Phi) is 6.47. The number of rotatable bonds is 7. The average molecular weight is 375 g/mol. The van der Waals surface area contributed by atoms with Gasteiger partial charge in [0.1, 0.15) is 17.8 Å². The second-order valence-electron chi connectivity index (χ2n) is 7.10. The van der Waals surface area contributed by atoms with Crippen molar-refractivity contribution >= 4 is 17.5 Å². The van der Waals surface area contributed by atoms with Gasteiger partial charge in [0, 0.05) is 10.6 Å². The van der Waals surface area contributed by atoms with Gasteiger partial charge in [0.2, 0.25) is 0 Å². The molecule has 2 N–H and O–H groups in total. The normalized spacial score (nSPS) is 14.5. The molecule has 0 aliphatic heterocycles. The van der Waals surface area contributed by atoms with Crippen molar-refractivity contribution in [2.24, 2.45) is 5.92 Å². The van der Waals surface area contributed by atoms with Gasteiger partial charge in [0.25, 0.3) is 5.91 Å². The van der Waals surface area contributed by atoms with Gasteiger partial charge in [-0.05, 0) is 49.2 Å². The highest BCUT2D eigenvalue weighted by Gasteiger charge is 2.30. The molecule has 6 heteroatoms. The maximum Gasteiger partial charge on any atom is 0.276 e. The number of hydrogen-bond acceptors (Lipinski definition) is 3. The molecule has 0 aliphatic rings. The van der Waals surface area contributed by atoms with Crippen LogP contribution in [-0.2, 0) is 11.3 Å². The molecule has 0 radical (unpaired) electrons. The van der Waals surface area contributed by atoms with Crippen molar-refractivity contribution in [2.45, 2.75) is 32.9 Å². The first kappa shape index (κ1) is 20.0. The number of hydrogen-bond donors (Lipinski definition) is 2. The van der Waals surface area contributed by atoms with E-state index in [9.17, 15) is 10.1 Å². The van der Waals surface area contributed by atoms with Crippen molar-refractivity contribution in [3.05, 3.63) is 47.2 Å². The summed E-state index contributed by atoms with van der Waals surface area (Å²) in [5.41, 5.74) is 0.0989. The molecule has 0 bridgehead atoms. The van der Waals surface area contributed by atoms with Crippen molar-refractivity contribution in [3.63, 3.8) is 0 Å². The number of quaternary nitrogens is 1. The summed E-state index contributed by atoms with van der Waals surface area (Å²) in [5, 5.41) is 12.8. The summed E-state index contributed by atoms with van der Waals surface area (Å²) in [7, 11) is 1.92. The topological polar surface area (TPSA) is 70.5 Å². The number of carbonyl (C=O) groups excluding carboxylic acids is 1. The van der Waals surface area contributed by atoms with Crippen LogP contribution in [-0.4, -0.2) is 25.0 Å². The van der Waals surface area contributed by atoms with Crippen molar-refractivity contribution in [1.82, 2.24) is 5.32 Å². The Morgan fingerprint density at radius 1 is 1.31 bits per heavy atom. The Morgan fingerprint density at radius 2 is 1.96 bits per heavy atom. The van der Waals surface area contributed by atoms with Gasteiger partial charge in [-0.2, -0.15) is 5.26 Å². The van der Waals surface area contributed by atoms with Crippen LogP contribution in [0.5, 0.6) is 0 Å². The Morgan fingerprint density at radius 3 is 2.54 bits per heavy atom. The summed E-state index contributed by atoms with van der Waals surface area (Å²) in [5.74, 6) is 1.45. The molecule has 1 aromatic heterocycles. The number of carbonyl (C=O) groups is 1. The molecule has 5 nitrogen and oxygen atoms in total. The zero-order valence-electron chi connectivity index (χ0n) is 15.6. The standard InChI is InChI=1S/C20H24ClN3O2/c1-14(2)20(3,13-22)23-19(25)12-24(4)11-17-9-10-18(26-17)15-5-7-16(21)8-6-15/h5-10,14H,11-12H2,1-4H3,(H,23,25)/p+1/t20-/m1/s1. The molecule has 1 unspecified atom stereocenters. The fourth-order valence-electron chi connectivity index (χ4n) is 2.51. The van der Waals surface area contributed by atoms with Gasteiger partial charge in [-0.25, -0.2) is 0 Å². The number of benzene rings is 1. The molecule has 1 aromatic carbocycles. The van der Waals surface area contributed by atoms with E-state index in [1.54, 1.807) is 6.92 Å². The third kappa shape index (κ3) is 5.10. The van der Waals surface area contributed by atoms with Gasteiger partial charge in [0.15, 0.2) is 12.3 Å². The third-order valence-corrected chi connectivity index (χ3v) is 4.77. The van der Waals surface area contributed by atoms with Gasteiger partial charge in [-0.15, -0.1) is 0 Å². The smallest absolute Gasteiger partial charge is 0.276 e. The summed E-state index contributed by atoms with van der Waals surface area (Å²) >= 11 is 5.91. The molecular formula is C20H25ClN3O2+. The lowest BCUT2D eigenvalue weighted by molar-refractivity contribution is -0.886. The Balaban J connectivity index is 1.94. The van der Waals surface area contributed by atoms with E-state index in [0.29, 0.717) is 11.6 Å². The highest BCUT2D eigenvalue weighted by Crippen LogP contribution is 2.23. The average Bonchev–Trinajstić information content (AvgIpc) is 3.03. The Hall–Kier alpha value is -2.29. The van der Waals surface area contributed by atoms with E-state index in [-0.39, 0.29) is 18.4 Å². The van der Waals surface area contributed by atoms with E-state index in [1.165, 1.54) is 0 Å². The first-order valence-electron chi connectivity index (χ1n) is 8.61. The summed E-state index contributed by atoms with van der Waals surface area (Å²) < 4.78 is 5.87. The second-order valence-corrected chi connectivity index (χ2v) is 7.54. The molecule has 2 atom stereocenters. The van der Waals surface area contributed by atoms with E-state index < -0.39 is 5.54 Å². The van der Waals surface area contributed by atoms with Crippen LogP contribution in [0.4, 0.5) is 0 Å². The molecule has 2 rings (SSSR count). The number of nitriles is 1. The van der Waals surface area contributed by atoms with Gasteiger partial charge in [-0.3, -0.25) is 4.79 Å². The van der Waals surface area contributed by atoms with Crippen molar-refractivity contribution in [2.75, 3.05) is 13.6 Å². The van der Waals surface area contributed by atoms with E-state index in [4.69, 9.17) is 16.0 Å². The van der Waals surface area contributed by atoms with Crippen molar-refractivity contribution < 1.29 is 14.1 Å². The quantitative estimate of drug-likeness (QED) is 0.782. The molecule has 0 aliphatic carbocycles. The van der Waals surface area contributed by atoms with Crippen LogP contribution < -0.4 is 10.2 Å². The van der Waals surface area contributed by atoms with Crippen LogP contribution in [0.2, 0.25) is 5.02 Å². The molecule has 0 fully saturated rings. The summed E-state index contributed by atoms with van der Waals surface area (Å²) in [6.45, 7) is 6.42. The Bertz CT molecular complexity index is 792. The summed E-state index contributed by atoms with van der Waals surface area (Å²) in [6, 6.07) is 13.5. The van der Waals surface area contributed by atoms with E-state index in [1.807, 2.05) is 57.3 Å². The monoisotopic (exact) mass is 374 g/mol. The number of likely N-dealkylation sites (N-methyl/N-ethyl adjacent to an activating group) is 1. The van der Waals surface area contributed by atoms with E-state index in [0.717, 1.165) is 22.0 Å². The molecular weight excluding hydrogens is 350 g/mol. The number of amides is 1. The third-order valence-electron chi connectivity index (χ3n) is 4.51. The lowest BCUT2D eigenvalue weighted by Gasteiger charge is -2.27. The zero-order chi connectivity index (χ0) is 19.3. The minimum Gasteiger partial charge on any atom is -0.455 e. The maximum absolute atomic E-state index is 12.3. The maximum atomic E-state index is 12.3. The van der Waals surface area contributed by atoms with Gasteiger partial charge in [0.05, 0.1) is 13.1 Å². The highest BCUT2D eigenvalue weighted by atomic mass is 35.5. The largest absolute Gasteiger partial charge is 0.455 e. The van der Waals surface area contributed by atoms with Crippen LogP contribution in [0, 0.1) is 17.2 Å². The van der Waals surface area contributed by atoms with Gasteiger partial charge >= 0.3 is 0 Å². The van der Waals surface area contributed by atoms with Crippen LogP contribution >= 0.6 is 11.6 Å². The van der Waals surface area contributed by atoms with Gasteiger partial charge < -0.3 is 14.6 Å². The molecule has 138 valence electrons. The first-order valence-corrected chi connectivity index (χ1v) is 8.99. The predicted molar refractivity (Wildman–Crippen MR) is 102 cm³/mol. The number of nitrogens with one attached hydrogen (secondary N) is 2. The second kappa shape index (κ2) is 8.39. The highest BCUT2D eigenvalue weighted by molar-refractivity contribution is 6.30. The summed E-state index contributed by atoms with van der Waals surface area (Å²) in [6.07, 6.45) is 0. The molecule has 0 spiro atoms. The molecule has 0 saturated heterocycles. The minimum atomic E-state index is -0.857. The van der Waals surface area contributed by atoms with Crippen molar-refractivity contribution in [1.29, 1.82) is 5.26 Å². The van der Waals surface area contributed by atoms with Gasteiger partial charge in [-0.1, -0.05) is 25.4 Å². The van der Waals surface area contributed by atoms with E-state index >= 15 is 0 Å². The SMILES string of the molecule is CC(C)[C@@](C)(C#N)NC(=O)C[NH+](C)Cc1ccc(-c2ccc(Cl)cc2)o1. The first-order chi connectivity index (χ1) is 12.2. The fraction of sp³-hybridized carbons (Fsp3) is 0.400. The Labute approximate surface area is 159 Å². The van der Waals surface area contributed by atoms with Crippen LogP contribution in [0.15, 0.2) is 40.8 Å². The van der Waals surface area contributed by atoms with Crippen molar-refractivity contribution in [3.8, 4) is 17.4 Å². The zero-order valence-corrected chi connectivity index (χ0v) is 16.4. The molecule has 0 saturated carbocycles. The fourth-order valence-corrected chi connectivity index (χ4v) is 2.64. The molecule has 1 heterocycles. The molecule has 2 aromatic rings. The molecule has 26 heavy (non-hydrogen) atoms. The number of halogens is 1. The van der Waals surface area contributed by atoms with E-state index in [2.05, 4.69) is 11.4 Å². The summed E-state index contributed by atoms with van der Waals surface area (Å²) in [4.78, 5) is 13.2. The van der Waals surface area contributed by atoms with Crippen LogP contribution in [0.1, 0.15) is 26.5 Å². The number of furan rings is 1. The predicted octanol–water partition coefficient (Wildman–Crippen LogP) is 2.67.